The van der Waals surface area contributed by atoms with E-state index in [1.54, 1.807) is 19.1 Å². The maximum atomic E-state index is 11.2. The summed E-state index contributed by atoms with van der Waals surface area (Å²) in [5, 5.41) is 20.7. The second kappa shape index (κ2) is 5.40. The smallest absolute Gasteiger partial charge is 0.292 e. The molecule has 0 saturated carbocycles. The second-order valence-corrected chi connectivity index (χ2v) is 4.94. The second-order valence-electron chi connectivity index (χ2n) is 4.94. The van der Waals surface area contributed by atoms with Crippen LogP contribution in [0.4, 0.5) is 11.4 Å². The van der Waals surface area contributed by atoms with Crippen molar-refractivity contribution < 1.29 is 10.0 Å². The zero-order valence-corrected chi connectivity index (χ0v) is 11.2. The van der Waals surface area contributed by atoms with Crippen molar-refractivity contribution in [3.8, 4) is 0 Å². The van der Waals surface area contributed by atoms with Crippen molar-refractivity contribution in [2.45, 2.75) is 26.4 Å². The molecule has 0 amide bonds. The van der Waals surface area contributed by atoms with E-state index >= 15 is 0 Å². The summed E-state index contributed by atoms with van der Waals surface area (Å²) in [5.41, 5.74) is 2.48. The van der Waals surface area contributed by atoms with Gasteiger partial charge in [-0.1, -0.05) is 17.7 Å². The van der Waals surface area contributed by atoms with Crippen molar-refractivity contribution in [3.05, 3.63) is 45.5 Å². The molecule has 1 aliphatic rings. The summed E-state index contributed by atoms with van der Waals surface area (Å²) in [6, 6.07) is 4.95. The Morgan fingerprint density at radius 2 is 2.21 bits per heavy atom. The lowest BCUT2D eigenvalue weighted by Crippen LogP contribution is -2.29. The molecule has 1 atom stereocenters. The highest BCUT2D eigenvalue weighted by Gasteiger charge is 2.22. The minimum absolute atomic E-state index is 0.0631. The lowest BCUT2D eigenvalue weighted by molar-refractivity contribution is -0.384. The number of aliphatic hydroxyl groups is 1. The summed E-state index contributed by atoms with van der Waals surface area (Å²) in [7, 11) is 0. The normalized spacial score (nSPS) is 17.0. The Labute approximate surface area is 112 Å². The van der Waals surface area contributed by atoms with E-state index in [0.29, 0.717) is 11.3 Å². The average molecular weight is 262 g/mol. The number of nitro benzene ring substituents is 1. The van der Waals surface area contributed by atoms with Gasteiger partial charge in [-0.05, 0) is 31.9 Å². The van der Waals surface area contributed by atoms with Crippen molar-refractivity contribution >= 4 is 11.4 Å². The summed E-state index contributed by atoms with van der Waals surface area (Å²) < 4.78 is 0. The van der Waals surface area contributed by atoms with Crippen molar-refractivity contribution in [3.63, 3.8) is 0 Å². The number of nitrogens with zero attached hydrogens (tertiary/aromatic N) is 2. The van der Waals surface area contributed by atoms with Gasteiger partial charge in [-0.2, -0.15) is 0 Å². The van der Waals surface area contributed by atoms with Gasteiger partial charge in [0, 0.05) is 19.2 Å². The fourth-order valence-electron chi connectivity index (χ4n) is 2.33. The minimum atomic E-state index is -0.698. The van der Waals surface area contributed by atoms with Crippen LogP contribution in [0.5, 0.6) is 0 Å². The molecule has 0 bridgehead atoms. The van der Waals surface area contributed by atoms with Gasteiger partial charge < -0.3 is 10.0 Å². The maximum Gasteiger partial charge on any atom is 0.292 e. The standard InChI is InChI=1S/C14H18N2O3/c1-10-4-3-7-15(9-10)13-6-5-12(11(2)17)8-14(13)16(18)19/h4-6,8,11,17H,3,7,9H2,1-2H3/t11-/m1/s1. The Balaban J connectivity index is 2.39. The molecule has 1 aromatic rings. The van der Waals surface area contributed by atoms with Crippen LogP contribution in [0.3, 0.4) is 0 Å². The van der Waals surface area contributed by atoms with Gasteiger partial charge in [0.05, 0.1) is 11.0 Å². The zero-order valence-electron chi connectivity index (χ0n) is 11.2. The van der Waals surface area contributed by atoms with Crippen LogP contribution in [0.1, 0.15) is 31.9 Å². The predicted octanol–water partition coefficient (Wildman–Crippen LogP) is 2.80. The van der Waals surface area contributed by atoms with E-state index in [1.165, 1.54) is 11.6 Å². The van der Waals surface area contributed by atoms with Gasteiger partial charge in [0.15, 0.2) is 0 Å². The Bertz CT molecular complexity index is 523. The van der Waals surface area contributed by atoms with Gasteiger partial charge in [-0.25, -0.2) is 0 Å². The number of rotatable bonds is 3. The first-order valence-corrected chi connectivity index (χ1v) is 6.36. The van der Waals surface area contributed by atoms with Crippen LogP contribution in [0.15, 0.2) is 29.8 Å². The van der Waals surface area contributed by atoms with Crippen LogP contribution in [-0.2, 0) is 0 Å². The molecular formula is C14H18N2O3. The summed E-state index contributed by atoms with van der Waals surface area (Å²) in [5.74, 6) is 0. The van der Waals surface area contributed by atoms with E-state index in [1.807, 2.05) is 11.8 Å². The van der Waals surface area contributed by atoms with E-state index in [9.17, 15) is 15.2 Å². The Hall–Kier alpha value is -1.88. The summed E-state index contributed by atoms with van der Waals surface area (Å²) >= 11 is 0. The lowest BCUT2D eigenvalue weighted by atomic mass is 10.1. The van der Waals surface area contributed by atoms with Crippen LogP contribution < -0.4 is 4.90 Å². The third kappa shape index (κ3) is 2.93. The number of aliphatic hydroxyl groups excluding tert-OH is 1. The van der Waals surface area contributed by atoms with Crippen molar-refractivity contribution in [2.75, 3.05) is 18.0 Å². The Kier molecular flexibility index (Phi) is 3.85. The molecule has 1 N–H and O–H groups in total. The van der Waals surface area contributed by atoms with Gasteiger partial charge >= 0.3 is 0 Å². The molecule has 19 heavy (non-hydrogen) atoms. The number of hydrogen-bond acceptors (Lipinski definition) is 4. The molecule has 1 aliphatic heterocycles. The Morgan fingerprint density at radius 1 is 1.47 bits per heavy atom. The van der Waals surface area contributed by atoms with E-state index < -0.39 is 6.10 Å². The third-order valence-corrected chi connectivity index (χ3v) is 3.35. The molecule has 0 spiro atoms. The molecule has 0 fully saturated rings. The predicted molar refractivity (Wildman–Crippen MR) is 74.3 cm³/mol. The minimum Gasteiger partial charge on any atom is -0.389 e. The molecule has 5 heteroatoms. The topological polar surface area (TPSA) is 66.6 Å². The van der Waals surface area contributed by atoms with Crippen LogP contribution in [0, 0.1) is 10.1 Å². The molecule has 0 unspecified atom stereocenters. The first kappa shape index (κ1) is 13.5. The average Bonchev–Trinajstić information content (AvgIpc) is 2.37. The number of benzene rings is 1. The van der Waals surface area contributed by atoms with Gasteiger partial charge in [0.2, 0.25) is 0 Å². The largest absolute Gasteiger partial charge is 0.389 e. The first-order chi connectivity index (χ1) is 8.99. The molecule has 0 saturated heterocycles. The monoisotopic (exact) mass is 262 g/mol. The van der Waals surface area contributed by atoms with Crippen LogP contribution in [-0.4, -0.2) is 23.1 Å². The van der Waals surface area contributed by atoms with E-state index in [4.69, 9.17) is 0 Å². The summed E-state index contributed by atoms with van der Waals surface area (Å²) in [4.78, 5) is 12.8. The highest BCUT2D eigenvalue weighted by Crippen LogP contribution is 2.32. The fourth-order valence-corrected chi connectivity index (χ4v) is 2.33. The van der Waals surface area contributed by atoms with E-state index in [0.717, 1.165) is 19.5 Å². The molecule has 5 nitrogen and oxygen atoms in total. The molecule has 1 aromatic carbocycles. The highest BCUT2D eigenvalue weighted by molar-refractivity contribution is 5.65. The van der Waals surface area contributed by atoms with Crippen LogP contribution in [0.25, 0.3) is 0 Å². The third-order valence-electron chi connectivity index (χ3n) is 3.35. The fraction of sp³-hybridized carbons (Fsp3) is 0.429. The zero-order chi connectivity index (χ0) is 14.0. The quantitative estimate of drug-likeness (QED) is 0.516. The first-order valence-electron chi connectivity index (χ1n) is 6.36. The lowest BCUT2D eigenvalue weighted by Gasteiger charge is -2.28. The molecule has 0 radical (unpaired) electrons. The molecule has 0 aromatic heterocycles. The number of hydrogen-bond donors (Lipinski definition) is 1. The van der Waals surface area contributed by atoms with Crippen molar-refractivity contribution in [2.24, 2.45) is 0 Å². The van der Waals surface area contributed by atoms with Gasteiger partial charge in [-0.3, -0.25) is 10.1 Å². The van der Waals surface area contributed by atoms with Crippen LogP contribution in [0.2, 0.25) is 0 Å². The summed E-state index contributed by atoms with van der Waals surface area (Å²) in [6.45, 7) is 5.13. The Morgan fingerprint density at radius 3 is 2.79 bits per heavy atom. The van der Waals surface area contributed by atoms with Gasteiger partial charge in [-0.15, -0.1) is 0 Å². The highest BCUT2D eigenvalue weighted by atomic mass is 16.6. The molecule has 0 aliphatic carbocycles. The van der Waals surface area contributed by atoms with E-state index in [2.05, 4.69) is 6.08 Å². The summed E-state index contributed by atoms with van der Waals surface area (Å²) in [6.07, 6.45) is 2.36. The number of nitro groups is 1. The van der Waals surface area contributed by atoms with Gasteiger partial charge in [0.1, 0.15) is 5.69 Å². The van der Waals surface area contributed by atoms with Crippen molar-refractivity contribution in [1.82, 2.24) is 0 Å². The molecular weight excluding hydrogens is 244 g/mol. The maximum absolute atomic E-state index is 11.2. The molecule has 1 heterocycles. The number of anilines is 1. The van der Waals surface area contributed by atoms with Gasteiger partial charge in [0.25, 0.3) is 5.69 Å². The van der Waals surface area contributed by atoms with Crippen LogP contribution >= 0.6 is 0 Å². The molecule has 102 valence electrons. The molecule has 2 rings (SSSR count). The van der Waals surface area contributed by atoms with E-state index in [-0.39, 0.29) is 10.6 Å². The van der Waals surface area contributed by atoms with Crippen molar-refractivity contribution in [1.29, 1.82) is 0 Å². The SMILES string of the molecule is CC1=CCCN(c2ccc([C@@H](C)O)cc2[N+](=O)[O-])C1.